The van der Waals surface area contributed by atoms with Crippen LogP contribution in [0.3, 0.4) is 0 Å². The molecule has 0 saturated heterocycles. The highest BCUT2D eigenvalue weighted by Gasteiger charge is 2.04. The smallest absolute Gasteiger partial charge is 0.161 e. The molecule has 0 N–H and O–H groups in total. The van der Waals surface area contributed by atoms with Crippen molar-refractivity contribution in [1.82, 2.24) is 9.97 Å². The Morgan fingerprint density at radius 2 is 1.47 bits per heavy atom. The number of hydrogen-bond donors (Lipinski definition) is 0. The zero-order valence-electron chi connectivity index (χ0n) is 7.42. The summed E-state index contributed by atoms with van der Waals surface area (Å²) in [7, 11) is 0. The van der Waals surface area contributed by atoms with E-state index in [1.807, 2.05) is 0 Å². The largest absolute Gasteiger partial charge is 0.221 e. The zero-order chi connectivity index (χ0) is 10.8. The van der Waals surface area contributed by atoms with Gasteiger partial charge in [0.1, 0.15) is 15.0 Å². The fraction of sp³-hybridized carbons (Fsp3) is 0. The average Bonchev–Trinajstić information content (AvgIpc) is 2.17. The summed E-state index contributed by atoms with van der Waals surface area (Å²) in [5, 5.41) is 0. The van der Waals surface area contributed by atoms with Gasteiger partial charge in [-0.1, -0.05) is 0 Å². The molecular weight excluding hydrogens is 327 g/mol. The van der Waals surface area contributed by atoms with E-state index < -0.39 is 0 Å². The second kappa shape index (κ2) is 4.37. The zero-order valence-corrected chi connectivity index (χ0v) is 10.6. The van der Waals surface area contributed by atoms with Gasteiger partial charge in [-0.15, -0.1) is 0 Å². The molecule has 1 heterocycles. The molecule has 2 nitrogen and oxygen atoms in total. The summed E-state index contributed by atoms with van der Waals surface area (Å²) in [4.78, 5) is 8.37. The monoisotopic (exact) mass is 330 g/mol. The minimum Gasteiger partial charge on any atom is -0.221 e. The molecule has 0 aliphatic heterocycles. The lowest BCUT2D eigenvalue weighted by atomic mass is 10.2. The summed E-state index contributed by atoms with van der Waals surface area (Å²) in [6, 6.07) is 7.79. The minimum absolute atomic E-state index is 0.271. The summed E-state index contributed by atoms with van der Waals surface area (Å²) < 4.78 is 14.1. The van der Waals surface area contributed by atoms with Crippen LogP contribution in [0, 0.1) is 5.82 Å². The Bertz CT molecular complexity index is 465. The van der Waals surface area contributed by atoms with Crippen LogP contribution < -0.4 is 0 Å². The van der Waals surface area contributed by atoms with Gasteiger partial charge in [0.05, 0.1) is 0 Å². The Balaban J connectivity index is 2.49. The molecule has 1 aromatic heterocycles. The molecular formula is C10H5Br2FN2. The van der Waals surface area contributed by atoms with Crippen LogP contribution in [0.1, 0.15) is 0 Å². The molecule has 0 bridgehead atoms. The van der Waals surface area contributed by atoms with E-state index in [2.05, 4.69) is 41.8 Å². The van der Waals surface area contributed by atoms with Crippen LogP contribution in [-0.4, -0.2) is 9.97 Å². The van der Waals surface area contributed by atoms with Crippen molar-refractivity contribution in [1.29, 1.82) is 0 Å². The summed E-state index contributed by atoms with van der Waals surface area (Å²) in [6.07, 6.45) is 0. The van der Waals surface area contributed by atoms with E-state index in [-0.39, 0.29) is 5.82 Å². The molecule has 0 spiro atoms. The molecule has 2 aromatic rings. The van der Waals surface area contributed by atoms with E-state index in [0.29, 0.717) is 15.0 Å². The molecule has 15 heavy (non-hydrogen) atoms. The van der Waals surface area contributed by atoms with E-state index in [9.17, 15) is 4.39 Å². The number of benzene rings is 1. The number of aromatic nitrogens is 2. The normalized spacial score (nSPS) is 10.3. The van der Waals surface area contributed by atoms with Crippen LogP contribution in [0.5, 0.6) is 0 Å². The van der Waals surface area contributed by atoms with Crippen LogP contribution in [0.25, 0.3) is 11.4 Å². The first-order valence-corrected chi connectivity index (χ1v) is 5.70. The van der Waals surface area contributed by atoms with Gasteiger partial charge in [0.15, 0.2) is 5.82 Å². The van der Waals surface area contributed by atoms with Gasteiger partial charge in [-0.05, 0) is 56.1 Å². The fourth-order valence-electron chi connectivity index (χ4n) is 1.12. The molecule has 0 unspecified atom stereocenters. The second-order valence-corrected chi connectivity index (χ2v) is 4.47. The van der Waals surface area contributed by atoms with Gasteiger partial charge < -0.3 is 0 Å². The molecule has 2 rings (SSSR count). The van der Waals surface area contributed by atoms with Crippen LogP contribution in [0.2, 0.25) is 0 Å². The Hall–Kier alpha value is -0.810. The maximum Gasteiger partial charge on any atom is 0.161 e. The standard InChI is InChI=1S/C10H5Br2FN2/c11-8-5-9(12)15-10(14-8)6-1-3-7(13)4-2-6/h1-5H. The van der Waals surface area contributed by atoms with Crippen LogP contribution in [-0.2, 0) is 0 Å². The Morgan fingerprint density at radius 3 is 2.00 bits per heavy atom. The highest BCUT2D eigenvalue weighted by Crippen LogP contribution is 2.20. The van der Waals surface area contributed by atoms with E-state index in [1.165, 1.54) is 12.1 Å². The molecule has 0 aliphatic carbocycles. The SMILES string of the molecule is Fc1ccc(-c2nc(Br)cc(Br)n2)cc1. The van der Waals surface area contributed by atoms with Crippen molar-refractivity contribution >= 4 is 31.9 Å². The van der Waals surface area contributed by atoms with E-state index in [1.54, 1.807) is 18.2 Å². The number of halogens is 3. The molecule has 0 radical (unpaired) electrons. The maximum absolute atomic E-state index is 12.7. The first-order chi connectivity index (χ1) is 7.15. The maximum atomic E-state index is 12.7. The van der Waals surface area contributed by atoms with Crippen molar-refractivity contribution in [2.45, 2.75) is 0 Å². The van der Waals surface area contributed by atoms with Crippen molar-refractivity contribution in [3.8, 4) is 11.4 Å². The van der Waals surface area contributed by atoms with E-state index >= 15 is 0 Å². The molecule has 1 aromatic carbocycles. The van der Waals surface area contributed by atoms with E-state index in [0.717, 1.165) is 5.56 Å². The predicted molar refractivity (Wildman–Crippen MR) is 62.8 cm³/mol. The summed E-state index contributed by atoms with van der Waals surface area (Å²) in [5.41, 5.74) is 0.776. The molecule has 0 aliphatic rings. The van der Waals surface area contributed by atoms with Crippen LogP contribution in [0.15, 0.2) is 39.5 Å². The van der Waals surface area contributed by atoms with Crippen molar-refractivity contribution in [2.75, 3.05) is 0 Å². The molecule has 0 fully saturated rings. The quantitative estimate of drug-likeness (QED) is 0.743. The Kier molecular flexibility index (Phi) is 3.11. The third kappa shape index (κ3) is 2.60. The Labute approximate surface area is 103 Å². The van der Waals surface area contributed by atoms with Crippen molar-refractivity contribution in [3.05, 3.63) is 45.4 Å². The molecule has 5 heteroatoms. The lowest BCUT2D eigenvalue weighted by Gasteiger charge is -2.01. The van der Waals surface area contributed by atoms with Gasteiger partial charge >= 0.3 is 0 Å². The fourth-order valence-corrected chi connectivity index (χ4v) is 2.20. The lowest BCUT2D eigenvalue weighted by Crippen LogP contribution is -1.90. The van der Waals surface area contributed by atoms with Crippen LogP contribution in [0.4, 0.5) is 4.39 Å². The summed E-state index contributed by atoms with van der Waals surface area (Å²) in [6.45, 7) is 0. The van der Waals surface area contributed by atoms with Crippen molar-refractivity contribution < 1.29 is 4.39 Å². The molecule has 0 amide bonds. The van der Waals surface area contributed by atoms with Crippen molar-refractivity contribution in [2.24, 2.45) is 0 Å². The highest BCUT2D eigenvalue weighted by molar-refractivity contribution is 9.11. The topological polar surface area (TPSA) is 25.8 Å². The van der Waals surface area contributed by atoms with E-state index in [4.69, 9.17) is 0 Å². The van der Waals surface area contributed by atoms with Gasteiger partial charge in [0, 0.05) is 11.6 Å². The van der Waals surface area contributed by atoms with Crippen LogP contribution >= 0.6 is 31.9 Å². The third-order valence-electron chi connectivity index (χ3n) is 1.77. The molecule has 0 saturated carbocycles. The predicted octanol–water partition coefficient (Wildman–Crippen LogP) is 3.81. The minimum atomic E-state index is -0.271. The van der Waals surface area contributed by atoms with Gasteiger partial charge in [-0.2, -0.15) is 0 Å². The number of hydrogen-bond acceptors (Lipinski definition) is 2. The van der Waals surface area contributed by atoms with Gasteiger partial charge in [0.2, 0.25) is 0 Å². The number of nitrogens with zero attached hydrogens (tertiary/aromatic N) is 2. The van der Waals surface area contributed by atoms with Crippen molar-refractivity contribution in [3.63, 3.8) is 0 Å². The molecule has 76 valence electrons. The van der Waals surface area contributed by atoms with Gasteiger partial charge in [0.25, 0.3) is 0 Å². The number of rotatable bonds is 1. The second-order valence-electron chi connectivity index (χ2n) is 2.84. The Morgan fingerprint density at radius 1 is 0.933 bits per heavy atom. The van der Waals surface area contributed by atoms with Gasteiger partial charge in [-0.25, -0.2) is 14.4 Å². The first kappa shape index (κ1) is 10.7. The summed E-state index contributed by atoms with van der Waals surface area (Å²) in [5.74, 6) is 0.282. The third-order valence-corrected chi connectivity index (χ3v) is 2.58. The lowest BCUT2D eigenvalue weighted by molar-refractivity contribution is 0.628. The highest BCUT2D eigenvalue weighted by atomic mass is 79.9. The first-order valence-electron chi connectivity index (χ1n) is 4.11. The molecule has 0 atom stereocenters. The van der Waals surface area contributed by atoms with Gasteiger partial charge in [-0.3, -0.25) is 0 Å². The summed E-state index contributed by atoms with van der Waals surface area (Å²) >= 11 is 6.54. The average molecular weight is 332 g/mol.